The van der Waals surface area contributed by atoms with Gasteiger partial charge in [0.2, 0.25) is 0 Å². The number of carbonyl (C=O) groups excluding carboxylic acids is 6. The molecule has 4 radical (unpaired) electrons. The van der Waals surface area contributed by atoms with Gasteiger partial charge in [0.25, 0.3) is 0 Å². The SMILES string of the molecule is O=C([O-])C(F)(F)C(F)(F)C(F)(F)C(=O)[O-].O=C([O-])C(F)(F)C(F)(F)C(F)(F)C(=O)[O-].O=C([O-])C(F)(F)C(F)(F)C(F)(F)C(=O)[O-].[Bi+3].[Bi+3]. The van der Waals surface area contributed by atoms with Crippen LogP contribution in [-0.4, -0.2) is 142 Å². The summed E-state index contributed by atoms with van der Waals surface area (Å²) in [7, 11) is 0. The predicted molar refractivity (Wildman–Crippen MR) is 86.1 cm³/mol. The first-order chi connectivity index (χ1) is 19.2. The van der Waals surface area contributed by atoms with E-state index >= 15 is 0 Å². The summed E-state index contributed by atoms with van der Waals surface area (Å²) in [6.45, 7) is 0. The van der Waals surface area contributed by atoms with Crippen molar-refractivity contribution in [1.82, 2.24) is 0 Å². The molecule has 0 aliphatic rings. The van der Waals surface area contributed by atoms with E-state index < -0.39 is 89.1 Å². The van der Waals surface area contributed by atoms with Gasteiger partial charge in [0, 0.05) is 0 Å². The molecule has 0 aromatic heterocycles. The molecule has 0 atom stereocenters. The molecule has 0 saturated heterocycles. The van der Waals surface area contributed by atoms with E-state index in [0.717, 1.165) is 0 Å². The minimum atomic E-state index is -6.66. The zero-order chi connectivity index (χ0) is 38.0. The van der Waals surface area contributed by atoms with Crippen molar-refractivity contribution in [3.8, 4) is 0 Å². The fourth-order valence-electron chi connectivity index (χ4n) is 1.36. The normalized spacial score (nSPS) is 13.1. The summed E-state index contributed by atoms with van der Waals surface area (Å²) in [5.41, 5.74) is 0. The summed E-state index contributed by atoms with van der Waals surface area (Å²) in [6, 6.07) is 0. The van der Waals surface area contributed by atoms with Gasteiger partial charge in [-0.3, -0.25) is 0 Å². The number of hydrogen-bond donors (Lipinski definition) is 0. The third-order valence-corrected chi connectivity index (χ3v) is 3.90. The summed E-state index contributed by atoms with van der Waals surface area (Å²) < 4.78 is 217. The molecule has 32 heteroatoms. The van der Waals surface area contributed by atoms with Gasteiger partial charge in [-0.1, -0.05) is 0 Å². The first kappa shape index (κ1) is 53.8. The number of rotatable bonds is 12. The molecule has 0 bridgehead atoms. The minimum Gasteiger partial charge on any atom is -0.544 e. The maximum Gasteiger partial charge on any atom is 3.00 e. The summed E-state index contributed by atoms with van der Waals surface area (Å²) in [5, 5.41) is 56.7. The Bertz CT molecular complexity index is 964. The Morgan fingerprint density at radius 2 is 0.319 bits per heavy atom. The molecule has 0 heterocycles. The van der Waals surface area contributed by atoms with Gasteiger partial charge in [0.05, 0.1) is 0 Å². The Kier molecular flexibility index (Phi) is 18.5. The standard InChI is InChI=1S/3C5H2F6O4.2Bi/c3*6-3(7,1(12)13)5(10,11)4(8,9)2(14)15;;/h3*(H,12,13)(H,14,15);;/q;;;2*+3/p-6. The second-order valence-corrected chi connectivity index (χ2v) is 6.89. The molecule has 0 aliphatic heterocycles. The summed E-state index contributed by atoms with van der Waals surface area (Å²) >= 11 is 0. The van der Waals surface area contributed by atoms with Gasteiger partial charge < -0.3 is 59.4 Å². The maximum atomic E-state index is 12.1. The average molecular weight is 1130 g/mol. The number of carboxylic acid groups (broad SMARTS) is 6. The van der Waals surface area contributed by atoms with Gasteiger partial charge in [-0.2, -0.15) is 79.0 Å². The van der Waals surface area contributed by atoms with Crippen molar-refractivity contribution in [2.45, 2.75) is 53.3 Å². The van der Waals surface area contributed by atoms with Crippen molar-refractivity contribution in [2.24, 2.45) is 0 Å². The van der Waals surface area contributed by atoms with E-state index in [-0.39, 0.29) is 52.4 Å². The van der Waals surface area contributed by atoms with Crippen LogP contribution in [0.5, 0.6) is 0 Å². The predicted octanol–water partition coefficient (Wildman–Crippen LogP) is -5.59. The van der Waals surface area contributed by atoms with Gasteiger partial charge in [0.1, 0.15) is 35.8 Å². The van der Waals surface area contributed by atoms with E-state index in [0.29, 0.717) is 0 Å². The number of carbonyl (C=O) groups is 6. The number of hydrogen-bond acceptors (Lipinski definition) is 12. The van der Waals surface area contributed by atoms with Crippen molar-refractivity contribution in [3.63, 3.8) is 0 Å². The molecule has 268 valence electrons. The number of alkyl halides is 18. The first-order valence-corrected chi connectivity index (χ1v) is 8.85. The number of aliphatic carboxylic acids is 6. The molecule has 0 spiro atoms. The van der Waals surface area contributed by atoms with Crippen LogP contribution in [0.25, 0.3) is 0 Å². The average Bonchev–Trinajstić information content (AvgIpc) is 2.83. The van der Waals surface area contributed by atoms with Crippen molar-refractivity contribution in [2.75, 3.05) is 0 Å². The third-order valence-electron chi connectivity index (χ3n) is 3.90. The quantitative estimate of drug-likeness (QED) is 0.131. The Balaban J connectivity index is -0.000000184. The molecule has 0 aromatic rings. The summed E-state index contributed by atoms with van der Waals surface area (Å²) in [6.07, 6.45) is 0. The number of carboxylic acids is 6. The Morgan fingerprint density at radius 1 is 0.255 bits per heavy atom. The van der Waals surface area contributed by atoms with Crippen LogP contribution < -0.4 is 30.6 Å². The molecule has 0 rings (SSSR count). The van der Waals surface area contributed by atoms with Crippen molar-refractivity contribution < 1.29 is 138 Å². The molecule has 0 aliphatic carbocycles. The van der Waals surface area contributed by atoms with E-state index in [4.69, 9.17) is 0 Å². The van der Waals surface area contributed by atoms with Crippen molar-refractivity contribution >= 4 is 88.2 Å². The number of halogens is 18. The van der Waals surface area contributed by atoms with E-state index in [2.05, 4.69) is 0 Å². The Morgan fingerprint density at radius 3 is 0.362 bits per heavy atom. The Labute approximate surface area is 279 Å². The van der Waals surface area contributed by atoms with Crippen LogP contribution in [0, 0.1) is 0 Å². The monoisotopic (exact) mass is 1130 g/mol. The topological polar surface area (TPSA) is 241 Å². The molecule has 0 fully saturated rings. The third kappa shape index (κ3) is 9.70. The van der Waals surface area contributed by atoms with Crippen LogP contribution in [-0.2, 0) is 28.8 Å². The fourth-order valence-corrected chi connectivity index (χ4v) is 1.36. The molecule has 0 unspecified atom stereocenters. The maximum absolute atomic E-state index is 12.1. The summed E-state index contributed by atoms with van der Waals surface area (Å²) in [4.78, 5) is 56.7. The zero-order valence-electron chi connectivity index (χ0n) is 20.1. The second-order valence-electron chi connectivity index (χ2n) is 6.89. The molecular weight excluding hydrogens is 1130 g/mol. The van der Waals surface area contributed by atoms with Crippen LogP contribution in [0.4, 0.5) is 79.0 Å². The fraction of sp³-hybridized carbons (Fsp3) is 0.600. The van der Waals surface area contributed by atoms with Crippen LogP contribution in [0.15, 0.2) is 0 Å². The minimum absolute atomic E-state index is 0. The van der Waals surface area contributed by atoms with Gasteiger partial charge >= 0.3 is 106 Å². The molecule has 0 amide bonds. The van der Waals surface area contributed by atoms with E-state index in [1.165, 1.54) is 0 Å². The smallest absolute Gasteiger partial charge is 0.544 e. The molecule has 0 aromatic carbocycles. The zero-order valence-corrected chi connectivity index (χ0v) is 27.1. The van der Waals surface area contributed by atoms with Gasteiger partial charge in [-0.15, -0.1) is 0 Å². The van der Waals surface area contributed by atoms with Gasteiger partial charge in [-0.05, 0) is 0 Å². The molecule has 0 saturated carbocycles. The van der Waals surface area contributed by atoms with Crippen LogP contribution >= 0.6 is 0 Å². The first-order valence-electron chi connectivity index (χ1n) is 8.85. The second kappa shape index (κ2) is 16.2. The van der Waals surface area contributed by atoms with E-state index in [1.807, 2.05) is 0 Å². The van der Waals surface area contributed by atoms with Crippen LogP contribution in [0.1, 0.15) is 0 Å². The summed E-state index contributed by atoms with van der Waals surface area (Å²) in [5.74, 6) is -80.9. The van der Waals surface area contributed by atoms with E-state index in [1.54, 1.807) is 0 Å². The van der Waals surface area contributed by atoms with Crippen molar-refractivity contribution in [1.29, 1.82) is 0 Å². The van der Waals surface area contributed by atoms with Gasteiger partial charge in [-0.25, -0.2) is 0 Å². The molecular formula is C15Bi2F18O12. The van der Waals surface area contributed by atoms with E-state index in [9.17, 15) is 138 Å². The van der Waals surface area contributed by atoms with Crippen LogP contribution in [0.2, 0.25) is 0 Å². The largest absolute Gasteiger partial charge is 3.00 e. The molecule has 12 nitrogen and oxygen atoms in total. The Hall–Kier alpha value is -2.67. The molecule has 47 heavy (non-hydrogen) atoms. The van der Waals surface area contributed by atoms with Gasteiger partial charge in [0.15, 0.2) is 0 Å². The van der Waals surface area contributed by atoms with Crippen molar-refractivity contribution in [3.05, 3.63) is 0 Å². The van der Waals surface area contributed by atoms with Crippen LogP contribution in [0.3, 0.4) is 0 Å². The molecule has 0 N–H and O–H groups in total.